The molecule has 3 nitrogen and oxygen atoms in total. The highest BCUT2D eigenvalue weighted by Gasteiger charge is 2.28. The summed E-state index contributed by atoms with van der Waals surface area (Å²) < 4.78 is 1.88. The molecule has 0 radical (unpaired) electrons. The van der Waals surface area contributed by atoms with Crippen LogP contribution in [0.2, 0.25) is 0 Å². The largest absolute Gasteiger partial charge is 0.293 e. The number of ketones is 1. The fourth-order valence-corrected chi connectivity index (χ4v) is 2.77. The van der Waals surface area contributed by atoms with Crippen molar-refractivity contribution in [2.75, 3.05) is 0 Å². The Kier molecular flexibility index (Phi) is 2.82. The van der Waals surface area contributed by atoms with Gasteiger partial charge >= 0.3 is 0 Å². The van der Waals surface area contributed by atoms with E-state index >= 15 is 0 Å². The smallest absolute Gasteiger partial charge is 0.179 e. The van der Waals surface area contributed by atoms with Crippen LogP contribution in [0, 0.1) is 6.92 Å². The van der Waals surface area contributed by atoms with Gasteiger partial charge < -0.3 is 0 Å². The molecule has 1 aliphatic carbocycles. The molecule has 1 atom stereocenters. The number of alkyl halides is 1. The molecule has 3 rings (SSSR count). The molecule has 0 bridgehead atoms. The second kappa shape index (κ2) is 4.35. The molecule has 0 spiro atoms. The summed E-state index contributed by atoms with van der Waals surface area (Å²) in [6.45, 7) is 2.06. The lowest BCUT2D eigenvalue weighted by atomic mass is 9.96. The number of aryl methyl sites for hydroxylation is 1. The van der Waals surface area contributed by atoms with Gasteiger partial charge in [0.2, 0.25) is 0 Å². The summed E-state index contributed by atoms with van der Waals surface area (Å²) in [5, 5.41) is 4.36. The normalized spacial score (nSPS) is 18.8. The van der Waals surface area contributed by atoms with E-state index in [0.717, 1.165) is 29.8 Å². The lowest BCUT2D eigenvalue weighted by Gasteiger charge is -2.17. The second-order valence-corrected chi connectivity index (χ2v) is 5.73. The fraction of sp³-hybridized carbons (Fsp3) is 0.286. The quantitative estimate of drug-likeness (QED) is 0.759. The van der Waals surface area contributed by atoms with E-state index in [0.29, 0.717) is 0 Å². The van der Waals surface area contributed by atoms with Crippen LogP contribution in [0.15, 0.2) is 30.5 Å². The number of rotatable bonds is 1. The van der Waals surface area contributed by atoms with Crippen LogP contribution >= 0.6 is 15.9 Å². The first-order valence-corrected chi connectivity index (χ1v) is 6.90. The highest BCUT2D eigenvalue weighted by Crippen LogP contribution is 2.27. The van der Waals surface area contributed by atoms with Crippen molar-refractivity contribution in [2.45, 2.75) is 24.6 Å². The van der Waals surface area contributed by atoms with Crippen molar-refractivity contribution in [1.82, 2.24) is 9.78 Å². The number of halogens is 1. The predicted octanol–water partition coefficient (Wildman–Crippen LogP) is 3.07. The molecular weight excluding hydrogens is 292 g/mol. The number of carbonyl (C=O) groups excluding carboxylic acids is 1. The third kappa shape index (κ3) is 1.81. The minimum atomic E-state index is -0.0549. The molecule has 0 N–H and O–H groups in total. The number of benzene rings is 1. The van der Waals surface area contributed by atoms with Crippen LogP contribution in [0.4, 0.5) is 0 Å². The zero-order valence-electron chi connectivity index (χ0n) is 10.1. The highest BCUT2D eigenvalue weighted by molar-refractivity contribution is 9.10. The van der Waals surface area contributed by atoms with E-state index in [1.165, 1.54) is 5.56 Å². The van der Waals surface area contributed by atoms with Crippen molar-refractivity contribution in [3.63, 3.8) is 0 Å². The van der Waals surface area contributed by atoms with Crippen molar-refractivity contribution in [3.8, 4) is 5.69 Å². The van der Waals surface area contributed by atoms with E-state index in [4.69, 9.17) is 0 Å². The maximum atomic E-state index is 12.0. The molecule has 92 valence electrons. The fourth-order valence-electron chi connectivity index (χ4n) is 2.29. The zero-order chi connectivity index (χ0) is 12.7. The van der Waals surface area contributed by atoms with Gasteiger partial charge in [0, 0.05) is 0 Å². The number of aromatic nitrogens is 2. The molecule has 4 heteroatoms. The van der Waals surface area contributed by atoms with Crippen LogP contribution in [-0.2, 0) is 6.42 Å². The molecule has 1 unspecified atom stereocenters. The average Bonchev–Trinajstić information content (AvgIpc) is 2.79. The third-order valence-corrected chi connectivity index (χ3v) is 4.21. The van der Waals surface area contributed by atoms with E-state index in [1.807, 2.05) is 16.8 Å². The van der Waals surface area contributed by atoms with E-state index in [-0.39, 0.29) is 10.6 Å². The van der Waals surface area contributed by atoms with Gasteiger partial charge in [-0.1, -0.05) is 33.6 Å². The van der Waals surface area contributed by atoms with Gasteiger partial charge in [0.25, 0.3) is 0 Å². The number of nitrogens with zero attached hydrogens (tertiary/aromatic N) is 2. The van der Waals surface area contributed by atoms with Crippen molar-refractivity contribution in [2.24, 2.45) is 0 Å². The first-order valence-electron chi connectivity index (χ1n) is 5.99. The van der Waals surface area contributed by atoms with Gasteiger partial charge in [-0.3, -0.25) is 4.79 Å². The summed E-state index contributed by atoms with van der Waals surface area (Å²) in [7, 11) is 0. The summed E-state index contributed by atoms with van der Waals surface area (Å²) in [5.74, 6) is 0.148. The average molecular weight is 305 g/mol. The first kappa shape index (κ1) is 11.7. The minimum absolute atomic E-state index is 0.0549. The van der Waals surface area contributed by atoms with Gasteiger partial charge in [0.1, 0.15) is 0 Å². The molecule has 0 amide bonds. The maximum Gasteiger partial charge on any atom is 0.179 e. The Labute approximate surface area is 114 Å². The predicted molar refractivity (Wildman–Crippen MR) is 73.7 cm³/mol. The maximum absolute atomic E-state index is 12.0. The second-order valence-electron chi connectivity index (χ2n) is 4.62. The standard InChI is InChI=1S/C14H13BrN2O/c1-9-2-4-10(5-3-9)17-13-7-6-12(15)14(18)11(13)8-16-17/h2-5,8,12H,6-7H2,1H3. The van der Waals surface area contributed by atoms with Crippen LogP contribution < -0.4 is 0 Å². The summed E-state index contributed by atoms with van der Waals surface area (Å²) in [6, 6.07) is 8.18. The molecule has 1 aromatic heterocycles. The highest BCUT2D eigenvalue weighted by atomic mass is 79.9. The van der Waals surface area contributed by atoms with Gasteiger partial charge in [-0.25, -0.2) is 4.68 Å². The van der Waals surface area contributed by atoms with Crippen LogP contribution in [0.5, 0.6) is 0 Å². The Morgan fingerprint density at radius 1 is 1.33 bits per heavy atom. The Hall–Kier alpha value is -1.42. The van der Waals surface area contributed by atoms with Gasteiger partial charge in [-0.15, -0.1) is 0 Å². The Morgan fingerprint density at radius 3 is 2.78 bits per heavy atom. The molecule has 1 aromatic carbocycles. The first-order chi connectivity index (χ1) is 8.66. The summed E-state index contributed by atoms with van der Waals surface area (Å²) in [4.78, 5) is 12.0. The van der Waals surface area contributed by atoms with E-state index < -0.39 is 0 Å². The van der Waals surface area contributed by atoms with E-state index in [2.05, 4.69) is 40.1 Å². The Bertz CT molecular complexity index is 601. The topological polar surface area (TPSA) is 34.9 Å². The van der Waals surface area contributed by atoms with E-state index in [1.54, 1.807) is 6.20 Å². The lowest BCUT2D eigenvalue weighted by molar-refractivity contribution is 0.0981. The molecular formula is C14H13BrN2O. The Balaban J connectivity index is 2.08. The summed E-state index contributed by atoms with van der Waals surface area (Å²) >= 11 is 3.41. The van der Waals surface area contributed by atoms with Crippen LogP contribution in [0.25, 0.3) is 5.69 Å². The van der Waals surface area contributed by atoms with Crippen molar-refractivity contribution in [3.05, 3.63) is 47.3 Å². The molecule has 0 fully saturated rings. The molecule has 0 saturated heterocycles. The monoisotopic (exact) mass is 304 g/mol. The number of hydrogen-bond donors (Lipinski definition) is 0. The van der Waals surface area contributed by atoms with Crippen LogP contribution in [-0.4, -0.2) is 20.4 Å². The van der Waals surface area contributed by atoms with Gasteiger partial charge in [-0.2, -0.15) is 5.10 Å². The molecule has 1 aliphatic rings. The molecule has 2 aromatic rings. The SMILES string of the molecule is Cc1ccc(-n2ncc3c2CCC(Br)C3=O)cc1. The van der Waals surface area contributed by atoms with Crippen molar-refractivity contribution in [1.29, 1.82) is 0 Å². The van der Waals surface area contributed by atoms with E-state index in [9.17, 15) is 4.79 Å². The van der Waals surface area contributed by atoms with Gasteiger partial charge in [0.15, 0.2) is 5.78 Å². The lowest BCUT2D eigenvalue weighted by Crippen LogP contribution is -2.22. The third-order valence-electron chi connectivity index (χ3n) is 3.33. The number of fused-ring (bicyclic) bond motifs is 1. The van der Waals surface area contributed by atoms with Gasteiger partial charge in [-0.05, 0) is 31.9 Å². The van der Waals surface area contributed by atoms with Crippen LogP contribution in [0.1, 0.15) is 28.0 Å². The van der Waals surface area contributed by atoms with Crippen molar-refractivity contribution >= 4 is 21.7 Å². The summed E-state index contributed by atoms with van der Waals surface area (Å²) in [5.41, 5.74) is 4.02. The number of carbonyl (C=O) groups is 1. The summed E-state index contributed by atoms with van der Waals surface area (Å²) in [6.07, 6.45) is 3.40. The van der Waals surface area contributed by atoms with Crippen molar-refractivity contribution < 1.29 is 4.79 Å². The Morgan fingerprint density at radius 2 is 2.06 bits per heavy atom. The molecule has 1 heterocycles. The molecule has 18 heavy (non-hydrogen) atoms. The minimum Gasteiger partial charge on any atom is -0.293 e. The van der Waals surface area contributed by atoms with Crippen LogP contribution in [0.3, 0.4) is 0 Å². The number of Topliss-reactive ketones (excluding diaryl/α,β-unsaturated/α-hetero) is 1. The molecule has 0 saturated carbocycles. The number of hydrogen-bond acceptors (Lipinski definition) is 2. The molecule has 0 aliphatic heterocycles. The van der Waals surface area contributed by atoms with Gasteiger partial charge in [0.05, 0.1) is 28.0 Å². The zero-order valence-corrected chi connectivity index (χ0v) is 11.6.